The number of carbonyl (C=O) groups excluding carboxylic acids is 1. The molecule has 0 aliphatic rings. The zero-order valence-corrected chi connectivity index (χ0v) is 7.86. The molecule has 7 nitrogen and oxygen atoms in total. The minimum absolute atomic E-state index is 0.0343. The SMILES string of the molecule is COC(CN)CC(=O)NOCC(=O)O. The van der Waals surface area contributed by atoms with Crippen molar-refractivity contribution in [3.05, 3.63) is 0 Å². The summed E-state index contributed by atoms with van der Waals surface area (Å²) < 4.78 is 4.84. The Kier molecular flexibility index (Phi) is 6.63. The zero-order chi connectivity index (χ0) is 11.0. The third-order valence-electron chi connectivity index (χ3n) is 1.39. The molecule has 0 heterocycles. The number of aliphatic carboxylic acids is 1. The van der Waals surface area contributed by atoms with E-state index >= 15 is 0 Å². The van der Waals surface area contributed by atoms with E-state index in [-0.39, 0.29) is 19.1 Å². The first-order chi connectivity index (χ1) is 6.60. The van der Waals surface area contributed by atoms with E-state index in [1.165, 1.54) is 7.11 Å². The second kappa shape index (κ2) is 7.25. The molecule has 1 atom stereocenters. The van der Waals surface area contributed by atoms with Crippen molar-refractivity contribution in [1.82, 2.24) is 5.48 Å². The molecule has 0 aromatic rings. The molecule has 7 heteroatoms. The van der Waals surface area contributed by atoms with Gasteiger partial charge in [0.25, 0.3) is 0 Å². The van der Waals surface area contributed by atoms with Crippen molar-refractivity contribution in [2.75, 3.05) is 20.3 Å². The molecule has 0 saturated heterocycles. The second-order valence-electron chi connectivity index (χ2n) is 2.51. The normalized spacial score (nSPS) is 12.1. The number of carboxylic acid groups (broad SMARTS) is 1. The predicted molar refractivity (Wildman–Crippen MR) is 46.2 cm³/mol. The van der Waals surface area contributed by atoms with Crippen LogP contribution >= 0.6 is 0 Å². The van der Waals surface area contributed by atoms with E-state index in [0.29, 0.717) is 0 Å². The van der Waals surface area contributed by atoms with Gasteiger partial charge in [-0.05, 0) is 0 Å². The first kappa shape index (κ1) is 12.8. The van der Waals surface area contributed by atoms with E-state index < -0.39 is 18.5 Å². The highest BCUT2D eigenvalue weighted by molar-refractivity contribution is 5.75. The summed E-state index contributed by atoms with van der Waals surface area (Å²) in [7, 11) is 1.43. The van der Waals surface area contributed by atoms with Gasteiger partial charge in [-0.25, -0.2) is 10.3 Å². The van der Waals surface area contributed by atoms with Crippen LogP contribution in [0.3, 0.4) is 0 Å². The largest absolute Gasteiger partial charge is 0.479 e. The Morgan fingerprint density at radius 1 is 1.57 bits per heavy atom. The van der Waals surface area contributed by atoms with Crippen molar-refractivity contribution in [2.24, 2.45) is 5.73 Å². The van der Waals surface area contributed by atoms with Gasteiger partial charge >= 0.3 is 5.97 Å². The number of nitrogens with two attached hydrogens (primary N) is 1. The fourth-order valence-corrected chi connectivity index (χ4v) is 0.690. The van der Waals surface area contributed by atoms with E-state index in [1.54, 1.807) is 0 Å². The molecule has 0 aromatic carbocycles. The highest BCUT2D eigenvalue weighted by Crippen LogP contribution is 1.93. The van der Waals surface area contributed by atoms with Crippen molar-refractivity contribution in [3.63, 3.8) is 0 Å². The van der Waals surface area contributed by atoms with Crippen molar-refractivity contribution in [2.45, 2.75) is 12.5 Å². The Labute approximate surface area is 81.1 Å². The number of nitrogens with one attached hydrogen (secondary N) is 1. The number of ether oxygens (including phenoxy) is 1. The maximum Gasteiger partial charge on any atom is 0.332 e. The van der Waals surface area contributed by atoms with Gasteiger partial charge in [0.05, 0.1) is 12.5 Å². The van der Waals surface area contributed by atoms with Gasteiger partial charge < -0.3 is 15.6 Å². The van der Waals surface area contributed by atoms with Crippen LogP contribution in [0.2, 0.25) is 0 Å². The molecule has 0 saturated carbocycles. The second-order valence-corrected chi connectivity index (χ2v) is 2.51. The predicted octanol–water partition coefficient (Wildman–Crippen LogP) is -1.52. The lowest BCUT2D eigenvalue weighted by Gasteiger charge is -2.11. The van der Waals surface area contributed by atoms with Crippen molar-refractivity contribution >= 4 is 11.9 Å². The van der Waals surface area contributed by atoms with Crippen LogP contribution in [0.5, 0.6) is 0 Å². The molecule has 0 bridgehead atoms. The Hall–Kier alpha value is -1.18. The Morgan fingerprint density at radius 3 is 2.64 bits per heavy atom. The quantitative estimate of drug-likeness (QED) is 0.436. The maximum absolute atomic E-state index is 11.0. The summed E-state index contributed by atoms with van der Waals surface area (Å²) >= 11 is 0. The first-order valence-electron chi connectivity index (χ1n) is 3.95. The molecule has 82 valence electrons. The van der Waals surface area contributed by atoms with Gasteiger partial charge in [0.15, 0.2) is 6.61 Å². The molecular formula is C7H14N2O5. The molecule has 14 heavy (non-hydrogen) atoms. The molecule has 0 rings (SSSR count). The number of carbonyl (C=O) groups is 2. The summed E-state index contributed by atoms with van der Waals surface area (Å²) in [4.78, 5) is 25.3. The summed E-state index contributed by atoms with van der Waals surface area (Å²) in [6, 6.07) is 0. The van der Waals surface area contributed by atoms with Crippen LogP contribution in [-0.4, -0.2) is 43.3 Å². The van der Waals surface area contributed by atoms with Gasteiger partial charge in [-0.2, -0.15) is 0 Å². The maximum atomic E-state index is 11.0. The smallest absolute Gasteiger partial charge is 0.332 e. The highest BCUT2D eigenvalue weighted by atomic mass is 16.7. The van der Waals surface area contributed by atoms with Crippen LogP contribution in [0.4, 0.5) is 0 Å². The van der Waals surface area contributed by atoms with Gasteiger partial charge in [-0.15, -0.1) is 0 Å². The summed E-state index contributed by atoms with van der Waals surface area (Å²) in [5.74, 6) is -1.63. The van der Waals surface area contributed by atoms with Gasteiger partial charge in [-0.1, -0.05) is 0 Å². The summed E-state index contributed by atoms with van der Waals surface area (Å²) in [6.07, 6.45) is -0.351. The van der Waals surface area contributed by atoms with E-state index in [1.807, 2.05) is 5.48 Å². The summed E-state index contributed by atoms with van der Waals surface area (Å²) in [5, 5.41) is 8.18. The van der Waals surface area contributed by atoms with Crippen molar-refractivity contribution in [1.29, 1.82) is 0 Å². The lowest BCUT2D eigenvalue weighted by atomic mass is 10.2. The van der Waals surface area contributed by atoms with Crippen molar-refractivity contribution < 1.29 is 24.3 Å². The van der Waals surface area contributed by atoms with Gasteiger partial charge in [0.2, 0.25) is 5.91 Å². The molecular weight excluding hydrogens is 192 g/mol. The van der Waals surface area contributed by atoms with E-state index in [0.717, 1.165) is 0 Å². The first-order valence-corrected chi connectivity index (χ1v) is 3.95. The number of hydrogen-bond donors (Lipinski definition) is 3. The molecule has 4 N–H and O–H groups in total. The van der Waals surface area contributed by atoms with Crippen LogP contribution in [0.1, 0.15) is 6.42 Å². The van der Waals surface area contributed by atoms with Gasteiger partial charge in [0, 0.05) is 13.7 Å². The van der Waals surface area contributed by atoms with Crippen LogP contribution < -0.4 is 11.2 Å². The van der Waals surface area contributed by atoms with Crippen LogP contribution in [0.15, 0.2) is 0 Å². The zero-order valence-electron chi connectivity index (χ0n) is 7.86. The Balaban J connectivity index is 3.59. The number of carboxylic acids is 1. The van der Waals surface area contributed by atoms with Crippen LogP contribution in [-0.2, 0) is 19.2 Å². The fraction of sp³-hybridized carbons (Fsp3) is 0.714. The van der Waals surface area contributed by atoms with E-state index in [9.17, 15) is 9.59 Å². The lowest BCUT2D eigenvalue weighted by molar-refractivity contribution is -0.149. The Morgan fingerprint density at radius 2 is 2.21 bits per heavy atom. The number of hydroxylamine groups is 1. The minimum atomic E-state index is -1.16. The topological polar surface area (TPSA) is 111 Å². The molecule has 1 unspecified atom stereocenters. The van der Waals surface area contributed by atoms with E-state index in [2.05, 4.69) is 4.84 Å². The van der Waals surface area contributed by atoms with Crippen molar-refractivity contribution in [3.8, 4) is 0 Å². The number of amides is 1. The molecule has 0 fully saturated rings. The third kappa shape index (κ3) is 6.35. The number of hydrogen-bond acceptors (Lipinski definition) is 5. The minimum Gasteiger partial charge on any atom is -0.479 e. The molecule has 0 radical (unpaired) electrons. The van der Waals surface area contributed by atoms with Crippen LogP contribution in [0, 0.1) is 0 Å². The summed E-state index contributed by atoms with van der Waals surface area (Å²) in [6.45, 7) is -0.366. The standard InChI is InChI=1S/C7H14N2O5/c1-13-5(3-8)2-6(10)9-14-4-7(11)12/h5H,2-4,8H2,1H3,(H,9,10)(H,11,12). The molecule has 1 amide bonds. The molecule has 0 aromatic heterocycles. The van der Waals surface area contributed by atoms with E-state index in [4.69, 9.17) is 15.6 Å². The molecule has 0 aliphatic heterocycles. The third-order valence-corrected chi connectivity index (χ3v) is 1.39. The average Bonchev–Trinajstić information content (AvgIpc) is 2.13. The fourth-order valence-electron chi connectivity index (χ4n) is 0.690. The lowest BCUT2D eigenvalue weighted by Crippen LogP contribution is -2.33. The van der Waals surface area contributed by atoms with Gasteiger partial charge in [0.1, 0.15) is 0 Å². The molecule has 0 aliphatic carbocycles. The number of methoxy groups -OCH3 is 1. The Bertz CT molecular complexity index is 193. The summed E-state index contributed by atoms with van der Waals surface area (Å²) in [5.41, 5.74) is 7.23. The van der Waals surface area contributed by atoms with Crippen LogP contribution in [0.25, 0.3) is 0 Å². The monoisotopic (exact) mass is 206 g/mol. The highest BCUT2D eigenvalue weighted by Gasteiger charge is 2.11. The average molecular weight is 206 g/mol. The molecule has 0 spiro atoms. The number of rotatable bonds is 7. The van der Waals surface area contributed by atoms with Gasteiger partial charge in [-0.3, -0.25) is 9.63 Å².